The van der Waals surface area contributed by atoms with Crippen molar-refractivity contribution in [2.75, 3.05) is 19.5 Å². The molecular formula is C20H19N3O4. The van der Waals surface area contributed by atoms with E-state index >= 15 is 0 Å². The highest BCUT2D eigenvalue weighted by Crippen LogP contribution is 2.25. The fourth-order valence-corrected chi connectivity index (χ4v) is 2.54. The second-order valence-corrected chi connectivity index (χ2v) is 5.73. The third-order valence-electron chi connectivity index (χ3n) is 3.86. The molecule has 0 aliphatic carbocycles. The van der Waals surface area contributed by atoms with Crippen LogP contribution in [0.15, 0.2) is 65.5 Å². The van der Waals surface area contributed by atoms with Gasteiger partial charge in [-0.25, -0.2) is 4.68 Å². The third kappa shape index (κ3) is 4.52. The molecule has 0 spiro atoms. The number of amides is 1. The summed E-state index contributed by atoms with van der Waals surface area (Å²) in [6, 6.07) is 17.5. The highest BCUT2D eigenvalue weighted by Gasteiger charge is 2.10. The zero-order chi connectivity index (χ0) is 19.2. The lowest BCUT2D eigenvalue weighted by Gasteiger charge is -2.11. The number of hydrogen-bond donors (Lipinski definition) is 1. The molecule has 138 valence electrons. The molecule has 0 bridgehead atoms. The van der Waals surface area contributed by atoms with Crippen molar-refractivity contribution in [3.8, 4) is 22.8 Å². The van der Waals surface area contributed by atoms with Crippen LogP contribution in [-0.4, -0.2) is 29.9 Å². The van der Waals surface area contributed by atoms with E-state index in [4.69, 9.17) is 9.47 Å². The zero-order valence-electron chi connectivity index (χ0n) is 15.0. The van der Waals surface area contributed by atoms with E-state index in [-0.39, 0.29) is 18.0 Å². The molecule has 1 heterocycles. The lowest BCUT2D eigenvalue weighted by molar-refractivity contribution is -0.117. The van der Waals surface area contributed by atoms with Gasteiger partial charge in [-0.3, -0.25) is 9.59 Å². The molecule has 1 aromatic heterocycles. The van der Waals surface area contributed by atoms with Gasteiger partial charge in [0.25, 0.3) is 5.56 Å². The predicted octanol–water partition coefficient (Wildman–Crippen LogP) is 2.57. The van der Waals surface area contributed by atoms with Crippen molar-refractivity contribution in [3.05, 3.63) is 71.0 Å². The molecule has 0 saturated heterocycles. The number of aromatic nitrogens is 2. The monoisotopic (exact) mass is 365 g/mol. The first kappa shape index (κ1) is 18.2. The van der Waals surface area contributed by atoms with Gasteiger partial charge in [0, 0.05) is 35.5 Å². The first-order valence-corrected chi connectivity index (χ1v) is 8.25. The summed E-state index contributed by atoms with van der Waals surface area (Å²) in [5.74, 6) is 0.710. The normalized spacial score (nSPS) is 10.3. The molecule has 3 rings (SSSR count). The van der Waals surface area contributed by atoms with Crippen LogP contribution < -0.4 is 20.3 Å². The maximum Gasteiger partial charge on any atom is 0.267 e. The molecule has 0 unspecified atom stereocenters. The van der Waals surface area contributed by atoms with Gasteiger partial charge in [0.05, 0.1) is 19.9 Å². The molecule has 0 fully saturated rings. The molecule has 0 radical (unpaired) electrons. The number of ether oxygens (including phenoxy) is 2. The fraction of sp³-hybridized carbons (Fsp3) is 0.150. The van der Waals surface area contributed by atoms with Crippen molar-refractivity contribution in [2.24, 2.45) is 0 Å². The van der Waals surface area contributed by atoms with Gasteiger partial charge in [-0.1, -0.05) is 30.3 Å². The summed E-state index contributed by atoms with van der Waals surface area (Å²) in [7, 11) is 3.05. The van der Waals surface area contributed by atoms with E-state index in [1.165, 1.54) is 20.3 Å². The molecule has 0 atom stereocenters. The smallest absolute Gasteiger partial charge is 0.267 e. The number of methoxy groups -OCH3 is 2. The number of carbonyl (C=O) groups is 1. The third-order valence-corrected chi connectivity index (χ3v) is 3.86. The van der Waals surface area contributed by atoms with E-state index in [0.717, 1.165) is 10.2 Å². The fourth-order valence-electron chi connectivity index (χ4n) is 2.54. The van der Waals surface area contributed by atoms with Crippen molar-refractivity contribution in [3.63, 3.8) is 0 Å². The molecule has 3 aromatic rings. The van der Waals surface area contributed by atoms with Crippen molar-refractivity contribution in [1.29, 1.82) is 0 Å². The summed E-state index contributed by atoms with van der Waals surface area (Å²) in [5, 5.41) is 7.01. The summed E-state index contributed by atoms with van der Waals surface area (Å²) < 4.78 is 11.5. The summed E-state index contributed by atoms with van der Waals surface area (Å²) in [4.78, 5) is 24.5. The first-order chi connectivity index (χ1) is 13.1. The zero-order valence-corrected chi connectivity index (χ0v) is 15.0. The van der Waals surface area contributed by atoms with Gasteiger partial charge in [-0.15, -0.1) is 0 Å². The quantitative estimate of drug-likeness (QED) is 0.726. The van der Waals surface area contributed by atoms with E-state index in [1.54, 1.807) is 24.3 Å². The van der Waals surface area contributed by atoms with Crippen LogP contribution in [-0.2, 0) is 11.3 Å². The molecule has 7 nitrogen and oxygen atoms in total. The second kappa shape index (κ2) is 8.18. The molecule has 1 N–H and O–H groups in total. The Morgan fingerprint density at radius 1 is 1.00 bits per heavy atom. The number of anilines is 1. The van der Waals surface area contributed by atoms with Gasteiger partial charge in [-0.05, 0) is 6.07 Å². The van der Waals surface area contributed by atoms with Crippen LogP contribution in [0.3, 0.4) is 0 Å². The largest absolute Gasteiger partial charge is 0.497 e. The summed E-state index contributed by atoms with van der Waals surface area (Å²) in [5.41, 5.74) is 1.63. The van der Waals surface area contributed by atoms with Gasteiger partial charge in [0.1, 0.15) is 18.0 Å². The SMILES string of the molecule is COc1cc(NC(=O)Cn2nc(-c3ccccc3)ccc2=O)cc(OC)c1. The number of benzene rings is 2. The molecular weight excluding hydrogens is 346 g/mol. The summed E-state index contributed by atoms with van der Waals surface area (Å²) in [6.07, 6.45) is 0. The van der Waals surface area contributed by atoms with Crippen molar-refractivity contribution in [1.82, 2.24) is 9.78 Å². The Morgan fingerprint density at radius 3 is 2.30 bits per heavy atom. The minimum absolute atomic E-state index is 0.209. The van der Waals surface area contributed by atoms with Gasteiger partial charge in [-0.2, -0.15) is 5.10 Å². The summed E-state index contributed by atoms with van der Waals surface area (Å²) in [6.45, 7) is -0.209. The van der Waals surface area contributed by atoms with E-state index in [9.17, 15) is 9.59 Å². The van der Waals surface area contributed by atoms with Crippen molar-refractivity contribution >= 4 is 11.6 Å². The maximum atomic E-state index is 12.4. The highest BCUT2D eigenvalue weighted by atomic mass is 16.5. The van der Waals surface area contributed by atoms with Crippen LogP contribution in [0.1, 0.15) is 0 Å². The number of carbonyl (C=O) groups excluding carboxylic acids is 1. The maximum absolute atomic E-state index is 12.4. The Morgan fingerprint density at radius 2 is 1.67 bits per heavy atom. The molecule has 0 aliphatic rings. The second-order valence-electron chi connectivity index (χ2n) is 5.73. The number of hydrogen-bond acceptors (Lipinski definition) is 5. The minimum Gasteiger partial charge on any atom is -0.497 e. The highest BCUT2D eigenvalue weighted by molar-refractivity contribution is 5.91. The van der Waals surface area contributed by atoms with Crippen molar-refractivity contribution < 1.29 is 14.3 Å². The standard InChI is InChI=1S/C20H19N3O4/c1-26-16-10-15(11-17(12-16)27-2)21-19(24)13-23-20(25)9-8-18(22-23)14-6-4-3-5-7-14/h3-12H,13H2,1-2H3,(H,21,24). The molecule has 0 aliphatic heterocycles. The van der Waals surface area contributed by atoms with E-state index < -0.39 is 0 Å². The lowest BCUT2D eigenvalue weighted by atomic mass is 10.1. The molecule has 27 heavy (non-hydrogen) atoms. The Kier molecular flexibility index (Phi) is 5.51. The summed E-state index contributed by atoms with van der Waals surface area (Å²) >= 11 is 0. The molecule has 1 amide bonds. The van der Waals surface area contributed by atoms with E-state index in [1.807, 2.05) is 30.3 Å². The van der Waals surface area contributed by atoms with Crippen LogP contribution in [0.5, 0.6) is 11.5 Å². The topological polar surface area (TPSA) is 82.5 Å². The molecule has 7 heteroatoms. The van der Waals surface area contributed by atoms with E-state index in [2.05, 4.69) is 10.4 Å². The average molecular weight is 365 g/mol. The Balaban J connectivity index is 1.79. The van der Waals surface area contributed by atoms with Gasteiger partial charge < -0.3 is 14.8 Å². The number of nitrogens with one attached hydrogen (secondary N) is 1. The Hall–Kier alpha value is -3.61. The van der Waals surface area contributed by atoms with Crippen LogP contribution in [0.25, 0.3) is 11.3 Å². The predicted molar refractivity (Wildman–Crippen MR) is 102 cm³/mol. The number of rotatable bonds is 6. The van der Waals surface area contributed by atoms with Crippen LogP contribution in [0.4, 0.5) is 5.69 Å². The Bertz CT molecular complexity index is 977. The molecule has 0 saturated carbocycles. The van der Waals surface area contributed by atoms with E-state index in [0.29, 0.717) is 22.9 Å². The van der Waals surface area contributed by atoms with Gasteiger partial charge >= 0.3 is 0 Å². The van der Waals surface area contributed by atoms with Crippen LogP contribution in [0.2, 0.25) is 0 Å². The van der Waals surface area contributed by atoms with Crippen LogP contribution in [0, 0.1) is 0 Å². The number of nitrogens with zero attached hydrogens (tertiary/aromatic N) is 2. The van der Waals surface area contributed by atoms with Crippen LogP contribution >= 0.6 is 0 Å². The first-order valence-electron chi connectivity index (χ1n) is 8.25. The van der Waals surface area contributed by atoms with Gasteiger partial charge in [0.15, 0.2) is 0 Å². The van der Waals surface area contributed by atoms with Gasteiger partial charge in [0.2, 0.25) is 5.91 Å². The average Bonchev–Trinajstić information content (AvgIpc) is 2.69. The minimum atomic E-state index is -0.384. The Labute approximate surface area is 156 Å². The molecule has 2 aromatic carbocycles. The lowest BCUT2D eigenvalue weighted by Crippen LogP contribution is -2.29. The van der Waals surface area contributed by atoms with Crippen molar-refractivity contribution in [2.45, 2.75) is 6.54 Å².